The summed E-state index contributed by atoms with van der Waals surface area (Å²) in [6.45, 7) is 0. The first-order valence-electron chi connectivity index (χ1n) is 5.76. The van der Waals surface area contributed by atoms with Gasteiger partial charge in [-0.15, -0.1) is 0 Å². The van der Waals surface area contributed by atoms with Crippen LogP contribution in [-0.4, -0.2) is 15.6 Å². The molecule has 0 amide bonds. The lowest BCUT2D eigenvalue weighted by Gasteiger charge is -2.37. The minimum atomic E-state index is -0.326. The molecule has 0 saturated heterocycles. The maximum atomic E-state index is 10.5. The Morgan fingerprint density at radius 1 is 1.47 bits per heavy atom. The van der Waals surface area contributed by atoms with Crippen LogP contribution in [-0.2, 0) is 17.4 Å². The van der Waals surface area contributed by atoms with Crippen LogP contribution in [0.15, 0.2) is 29.5 Å². The van der Waals surface area contributed by atoms with Crippen molar-refractivity contribution in [3.63, 3.8) is 0 Å². The zero-order chi connectivity index (χ0) is 11.9. The van der Waals surface area contributed by atoms with Gasteiger partial charge in [0.2, 0.25) is 6.08 Å². The largest absolute Gasteiger partial charge is 0.334 e. The lowest BCUT2D eigenvalue weighted by atomic mass is 9.72. The standard InChI is InChI=1S/C13H13N3O/c1-16-8-14-11-7-10(3-4-12(11)16)13(15-9-17)5-2-6-13/h3-4,7-8H,2,5-6H2,1H3. The normalized spacial score (nSPS) is 17.5. The molecule has 0 N–H and O–H groups in total. The van der Waals surface area contributed by atoms with E-state index in [1.807, 2.05) is 29.8 Å². The van der Waals surface area contributed by atoms with Crippen molar-refractivity contribution < 1.29 is 4.79 Å². The molecular weight excluding hydrogens is 214 g/mol. The second kappa shape index (κ2) is 3.54. The van der Waals surface area contributed by atoms with Crippen molar-refractivity contribution in [3.8, 4) is 0 Å². The van der Waals surface area contributed by atoms with Crippen LogP contribution in [0.5, 0.6) is 0 Å². The molecule has 3 rings (SSSR count). The Morgan fingerprint density at radius 2 is 2.29 bits per heavy atom. The van der Waals surface area contributed by atoms with Crippen LogP contribution in [0.2, 0.25) is 0 Å². The van der Waals surface area contributed by atoms with Crippen molar-refractivity contribution in [1.82, 2.24) is 9.55 Å². The summed E-state index contributed by atoms with van der Waals surface area (Å²) >= 11 is 0. The molecule has 1 heterocycles. The molecule has 0 spiro atoms. The molecule has 1 fully saturated rings. The van der Waals surface area contributed by atoms with E-state index >= 15 is 0 Å². The highest BCUT2D eigenvalue weighted by Crippen LogP contribution is 2.45. The molecule has 1 aromatic heterocycles. The fourth-order valence-electron chi connectivity index (χ4n) is 2.49. The minimum absolute atomic E-state index is 0.326. The predicted octanol–water partition coefficient (Wildman–Crippen LogP) is 2.29. The first-order chi connectivity index (χ1) is 8.25. The van der Waals surface area contributed by atoms with Gasteiger partial charge in [-0.1, -0.05) is 6.07 Å². The minimum Gasteiger partial charge on any atom is -0.334 e. The summed E-state index contributed by atoms with van der Waals surface area (Å²) < 4.78 is 1.98. The second-order valence-corrected chi connectivity index (χ2v) is 4.65. The van der Waals surface area contributed by atoms with Gasteiger partial charge < -0.3 is 4.57 Å². The summed E-state index contributed by atoms with van der Waals surface area (Å²) in [5.41, 5.74) is 2.81. The number of aryl methyl sites for hydroxylation is 1. The number of hydrogen-bond donors (Lipinski definition) is 0. The number of carbonyl (C=O) groups excluding carboxylic acids is 1. The molecule has 1 aliphatic carbocycles. The van der Waals surface area contributed by atoms with E-state index in [-0.39, 0.29) is 5.54 Å². The van der Waals surface area contributed by atoms with Gasteiger partial charge in [0.15, 0.2) is 0 Å². The van der Waals surface area contributed by atoms with Crippen LogP contribution in [0, 0.1) is 0 Å². The fraction of sp³-hybridized carbons (Fsp3) is 0.385. The number of aromatic nitrogens is 2. The summed E-state index contributed by atoms with van der Waals surface area (Å²) in [5.74, 6) is 0. The Bertz CT molecular complexity index is 619. The number of nitrogens with zero attached hydrogens (tertiary/aromatic N) is 3. The highest BCUT2D eigenvalue weighted by atomic mass is 16.1. The average Bonchev–Trinajstić information content (AvgIpc) is 2.65. The first kappa shape index (κ1) is 10.2. The zero-order valence-corrected chi connectivity index (χ0v) is 9.68. The van der Waals surface area contributed by atoms with Crippen molar-refractivity contribution in [2.45, 2.75) is 24.8 Å². The van der Waals surface area contributed by atoms with Crippen molar-refractivity contribution in [1.29, 1.82) is 0 Å². The summed E-state index contributed by atoms with van der Waals surface area (Å²) in [7, 11) is 1.97. The Hall–Kier alpha value is -1.93. The third-order valence-corrected chi connectivity index (χ3v) is 3.70. The van der Waals surface area contributed by atoms with Gasteiger partial charge in [-0.25, -0.2) is 9.78 Å². The van der Waals surface area contributed by atoms with Gasteiger partial charge in [0.05, 0.1) is 22.9 Å². The van der Waals surface area contributed by atoms with Crippen molar-refractivity contribution in [2.24, 2.45) is 12.0 Å². The van der Waals surface area contributed by atoms with Gasteiger partial charge in [-0.05, 0) is 37.0 Å². The molecule has 0 atom stereocenters. The van der Waals surface area contributed by atoms with Crippen molar-refractivity contribution >= 4 is 17.1 Å². The SMILES string of the molecule is Cn1cnc2cc(C3(N=C=O)CCC3)ccc21. The Morgan fingerprint density at radius 3 is 2.94 bits per heavy atom. The summed E-state index contributed by atoms with van der Waals surface area (Å²) in [4.78, 5) is 18.9. The van der Waals surface area contributed by atoms with Gasteiger partial charge in [-0.2, -0.15) is 4.99 Å². The third kappa shape index (κ3) is 1.41. The van der Waals surface area contributed by atoms with Gasteiger partial charge in [0, 0.05) is 7.05 Å². The fourth-order valence-corrected chi connectivity index (χ4v) is 2.49. The number of aliphatic imine (C=N–C) groups is 1. The highest BCUT2D eigenvalue weighted by molar-refractivity contribution is 5.76. The van der Waals surface area contributed by atoms with E-state index in [2.05, 4.69) is 9.98 Å². The summed E-state index contributed by atoms with van der Waals surface area (Å²) in [6, 6.07) is 6.12. The quantitative estimate of drug-likeness (QED) is 0.583. The molecule has 0 aliphatic heterocycles. The molecule has 4 nitrogen and oxygen atoms in total. The van der Waals surface area contributed by atoms with Crippen LogP contribution in [0.25, 0.3) is 11.0 Å². The van der Waals surface area contributed by atoms with E-state index in [4.69, 9.17) is 0 Å². The van der Waals surface area contributed by atoms with Gasteiger partial charge >= 0.3 is 0 Å². The van der Waals surface area contributed by atoms with E-state index in [1.165, 1.54) is 0 Å². The van der Waals surface area contributed by atoms with Crippen LogP contribution >= 0.6 is 0 Å². The number of hydrogen-bond acceptors (Lipinski definition) is 3. The highest BCUT2D eigenvalue weighted by Gasteiger charge is 2.39. The predicted molar refractivity (Wildman–Crippen MR) is 64.4 cm³/mol. The summed E-state index contributed by atoms with van der Waals surface area (Å²) in [6.07, 6.45) is 6.49. The first-order valence-corrected chi connectivity index (χ1v) is 5.76. The number of rotatable bonds is 2. The topological polar surface area (TPSA) is 47.2 Å². The molecule has 17 heavy (non-hydrogen) atoms. The molecular formula is C13H13N3O. The van der Waals surface area contributed by atoms with Crippen LogP contribution in [0.4, 0.5) is 0 Å². The van der Waals surface area contributed by atoms with Crippen LogP contribution in [0.1, 0.15) is 24.8 Å². The van der Waals surface area contributed by atoms with Gasteiger partial charge in [0.1, 0.15) is 0 Å². The third-order valence-electron chi connectivity index (χ3n) is 3.70. The molecule has 2 aromatic rings. The molecule has 1 aliphatic rings. The maximum Gasteiger partial charge on any atom is 0.235 e. The molecule has 86 valence electrons. The number of isocyanates is 1. The molecule has 0 unspecified atom stereocenters. The van der Waals surface area contributed by atoms with Crippen molar-refractivity contribution in [3.05, 3.63) is 30.1 Å². The van der Waals surface area contributed by atoms with Crippen LogP contribution in [0.3, 0.4) is 0 Å². The Balaban J connectivity index is 2.14. The smallest absolute Gasteiger partial charge is 0.235 e. The molecule has 1 aromatic carbocycles. The van der Waals surface area contributed by atoms with Crippen LogP contribution < -0.4 is 0 Å². The second-order valence-electron chi connectivity index (χ2n) is 4.65. The molecule has 0 bridgehead atoms. The monoisotopic (exact) mass is 227 g/mol. The zero-order valence-electron chi connectivity index (χ0n) is 9.68. The molecule has 0 radical (unpaired) electrons. The lowest BCUT2D eigenvalue weighted by molar-refractivity contribution is 0.256. The molecule has 4 heteroatoms. The van der Waals surface area contributed by atoms with E-state index in [0.29, 0.717) is 0 Å². The Kier molecular flexibility index (Phi) is 2.13. The van der Waals surface area contributed by atoms with E-state index < -0.39 is 0 Å². The number of imidazole rings is 1. The average molecular weight is 227 g/mol. The van der Waals surface area contributed by atoms with E-state index in [1.54, 1.807) is 12.4 Å². The number of fused-ring (bicyclic) bond motifs is 1. The van der Waals surface area contributed by atoms with Gasteiger partial charge in [0.25, 0.3) is 0 Å². The Labute approximate surface area is 99.0 Å². The van der Waals surface area contributed by atoms with Gasteiger partial charge in [-0.3, -0.25) is 0 Å². The summed E-state index contributed by atoms with van der Waals surface area (Å²) in [5, 5.41) is 0. The van der Waals surface area contributed by atoms with E-state index in [9.17, 15) is 4.79 Å². The van der Waals surface area contributed by atoms with Crippen molar-refractivity contribution in [2.75, 3.05) is 0 Å². The number of benzene rings is 1. The molecule has 1 saturated carbocycles. The lowest BCUT2D eigenvalue weighted by Crippen LogP contribution is -2.31. The maximum absolute atomic E-state index is 10.5. The van der Waals surface area contributed by atoms with E-state index in [0.717, 1.165) is 35.9 Å².